The maximum atomic E-state index is 12.6. The number of esters is 2. The molecule has 0 aromatic carbocycles. The zero-order chi connectivity index (χ0) is 40.3. The molecule has 55 heavy (non-hydrogen) atoms. The van der Waals surface area contributed by atoms with Crippen molar-refractivity contribution in [2.75, 3.05) is 26.4 Å². The number of rotatable bonds is 38. The maximum absolute atomic E-state index is 12.6. The summed E-state index contributed by atoms with van der Waals surface area (Å²) in [5.74, 6) is -0.929. The van der Waals surface area contributed by atoms with Gasteiger partial charge in [0.05, 0.1) is 13.2 Å². The number of ether oxygens (including phenoxy) is 2. The number of carbonyl (C=O) groups is 2. The molecule has 0 aliphatic rings. The lowest BCUT2D eigenvalue weighted by atomic mass is 10.1. The fraction of sp³-hybridized carbons (Fsp3) is 0.644. The minimum absolute atomic E-state index is 0.0377. The van der Waals surface area contributed by atoms with Crippen molar-refractivity contribution in [3.63, 3.8) is 0 Å². The zero-order valence-electron chi connectivity index (χ0n) is 34.4. The van der Waals surface area contributed by atoms with Crippen LogP contribution in [0.1, 0.15) is 155 Å². The highest BCUT2D eigenvalue weighted by Crippen LogP contribution is 2.43. The van der Waals surface area contributed by atoms with Gasteiger partial charge in [-0.15, -0.1) is 0 Å². The van der Waals surface area contributed by atoms with Gasteiger partial charge in [-0.3, -0.25) is 18.6 Å². The van der Waals surface area contributed by atoms with E-state index in [4.69, 9.17) is 24.3 Å². The van der Waals surface area contributed by atoms with Crippen LogP contribution in [0.2, 0.25) is 0 Å². The monoisotopic (exact) mass is 790 g/mol. The highest BCUT2D eigenvalue weighted by Gasteiger charge is 2.25. The van der Waals surface area contributed by atoms with Gasteiger partial charge in [0.2, 0.25) is 0 Å². The Morgan fingerprint density at radius 3 is 1.44 bits per heavy atom. The molecule has 10 heteroatoms. The molecule has 2 unspecified atom stereocenters. The summed E-state index contributed by atoms with van der Waals surface area (Å²) in [5, 5.41) is 0. The van der Waals surface area contributed by atoms with Gasteiger partial charge in [-0.2, -0.15) is 0 Å². The predicted octanol–water partition coefficient (Wildman–Crippen LogP) is 12.0. The SMILES string of the molecule is CCCCCC=CCC=CCC=CCC=CCCCC(=O)OCC(COP(=O)(O)OCCN)OC(=O)CCCCCCC=CCC=CCC=CCCCCC. The second-order valence-electron chi connectivity index (χ2n) is 13.5. The van der Waals surface area contributed by atoms with Gasteiger partial charge in [0.15, 0.2) is 6.10 Å². The van der Waals surface area contributed by atoms with Crippen molar-refractivity contribution in [1.82, 2.24) is 0 Å². The minimum Gasteiger partial charge on any atom is -0.462 e. The Kier molecular flexibility index (Phi) is 38.8. The standard InChI is InChI=1S/C45H76NO8P/c1-3-5-7-9-11-13-15-17-19-21-23-25-27-29-31-33-35-37-44(47)51-41-43(42-53-55(49,50)52-40-39-46)54-45(48)38-36-34-32-30-28-26-24-22-20-18-16-14-12-10-8-6-4-2/h11-14,17-20,23-26,29,31,43H,3-10,15-16,21-22,27-28,30,32-42,46H2,1-2H3,(H,49,50). The number of hydrogen-bond donors (Lipinski definition) is 2. The summed E-state index contributed by atoms with van der Waals surface area (Å²) < 4.78 is 32.7. The van der Waals surface area contributed by atoms with Crippen LogP contribution >= 0.6 is 7.82 Å². The Balaban J connectivity index is 4.34. The summed E-state index contributed by atoms with van der Waals surface area (Å²) >= 11 is 0. The first-order valence-electron chi connectivity index (χ1n) is 21.1. The summed E-state index contributed by atoms with van der Waals surface area (Å²) in [6, 6.07) is 0. The Morgan fingerprint density at radius 2 is 0.964 bits per heavy atom. The van der Waals surface area contributed by atoms with Gasteiger partial charge in [0, 0.05) is 19.4 Å². The molecule has 0 aromatic heterocycles. The highest BCUT2D eigenvalue weighted by molar-refractivity contribution is 7.47. The normalized spacial score (nSPS) is 14.2. The van der Waals surface area contributed by atoms with Crippen molar-refractivity contribution in [1.29, 1.82) is 0 Å². The first kappa shape index (κ1) is 52.2. The van der Waals surface area contributed by atoms with Crippen LogP contribution in [0.15, 0.2) is 85.1 Å². The third-order valence-electron chi connectivity index (χ3n) is 8.25. The molecule has 314 valence electrons. The van der Waals surface area contributed by atoms with E-state index < -0.39 is 32.5 Å². The molecular formula is C45H76NO8P. The number of allylic oxidation sites excluding steroid dienone is 14. The molecule has 0 saturated heterocycles. The second-order valence-corrected chi connectivity index (χ2v) is 14.9. The highest BCUT2D eigenvalue weighted by atomic mass is 31.2. The van der Waals surface area contributed by atoms with Crippen LogP contribution in [0, 0.1) is 0 Å². The van der Waals surface area contributed by atoms with Crippen molar-refractivity contribution in [3.05, 3.63) is 85.1 Å². The molecule has 0 fully saturated rings. The summed E-state index contributed by atoms with van der Waals surface area (Å²) in [6.07, 6.45) is 50.4. The Morgan fingerprint density at radius 1 is 0.545 bits per heavy atom. The average Bonchev–Trinajstić information content (AvgIpc) is 3.17. The molecule has 0 radical (unpaired) electrons. The Labute approximate surface area is 334 Å². The Hall–Kier alpha value is -2.81. The minimum atomic E-state index is -4.40. The van der Waals surface area contributed by atoms with Gasteiger partial charge in [0.1, 0.15) is 6.61 Å². The zero-order valence-corrected chi connectivity index (χ0v) is 35.3. The molecule has 0 amide bonds. The van der Waals surface area contributed by atoms with Crippen molar-refractivity contribution < 1.29 is 37.6 Å². The molecule has 9 nitrogen and oxygen atoms in total. The first-order valence-corrected chi connectivity index (χ1v) is 22.6. The van der Waals surface area contributed by atoms with Crippen LogP contribution in [0.5, 0.6) is 0 Å². The molecule has 0 aliphatic heterocycles. The van der Waals surface area contributed by atoms with Crippen LogP contribution in [0.4, 0.5) is 0 Å². The van der Waals surface area contributed by atoms with Gasteiger partial charge in [0.25, 0.3) is 0 Å². The number of hydrogen-bond acceptors (Lipinski definition) is 8. The third kappa shape index (κ3) is 40.7. The summed E-state index contributed by atoms with van der Waals surface area (Å²) in [5.41, 5.74) is 5.34. The largest absolute Gasteiger partial charge is 0.472 e. The van der Waals surface area contributed by atoms with E-state index in [1.165, 1.54) is 51.4 Å². The van der Waals surface area contributed by atoms with E-state index in [0.717, 1.165) is 64.2 Å². The molecular weight excluding hydrogens is 713 g/mol. The molecule has 3 N–H and O–H groups in total. The summed E-state index contributed by atoms with van der Waals surface area (Å²) in [6.45, 7) is 3.56. The number of phosphoric ester groups is 1. The number of unbranched alkanes of at least 4 members (excludes halogenated alkanes) is 11. The number of phosphoric acid groups is 1. The molecule has 0 bridgehead atoms. The topological polar surface area (TPSA) is 134 Å². The third-order valence-corrected chi connectivity index (χ3v) is 9.24. The smallest absolute Gasteiger partial charge is 0.462 e. The van der Waals surface area contributed by atoms with Crippen LogP contribution < -0.4 is 5.73 Å². The van der Waals surface area contributed by atoms with Crippen LogP contribution in [0.25, 0.3) is 0 Å². The lowest BCUT2D eigenvalue weighted by Gasteiger charge is -2.19. The van der Waals surface area contributed by atoms with Crippen molar-refractivity contribution in [3.8, 4) is 0 Å². The van der Waals surface area contributed by atoms with E-state index in [2.05, 4.69) is 92.8 Å². The molecule has 0 rings (SSSR count). The second kappa shape index (κ2) is 40.8. The van der Waals surface area contributed by atoms with Crippen LogP contribution in [0.3, 0.4) is 0 Å². The quantitative estimate of drug-likeness (QED) is 0.0271. The lowest BCUT2D eigenvalue weighted by Crippen LogP contribution is -2.29. The van der Waals surface area contributed by atoms with Crippen molar-refractivity contribution >= 4 is 19.8 Å². The summed E-state index contributed by atoms with van der Waals surface area (Å²) in [7, 11) is -4.40. The number of carbonyl (C=O) groups excluding carboxylic acids is 2. The predicted molar refractivity (Wildman–Crippen MR) is 229 cm³/mol. The van der Waals surface area contributed by atoms with E-state index >= 15 is 0 Å². The van der Waals surface area contributed by atoms with Gasteiger partial charge in [-0.25, -0.2) is 4.57 Å². The van der Waals surface area contributed by atoms with Crippen LogP contribution in [-0.2, 0) is 32.7 Å². The Bertz CT molecular complexity index is 1170. The first-order chi connectivity index (χ1) is 26.8. The average molecular weight is 790 g/mol. The number of nitrogens with two attached hydrogens (primary N) is 1. The van der Waals surface area contributed by atoms with Gasteiger partial charge < -0.3 is 20.1 Å². The molecule has 0 saturated carbocycles. The van der Waals surface area contributed by atoms with Crippen molar-refractivity contribution in [2.45, 2.75) is 161 Å². The van der Waals surface area contributed by atoms with Crippen molar-refractivity contribution in [2.24, 2.45) is 5.73 Å². The van der Waals surface area contributed by atoms with Gasteiger partial charge in [-0.1, -0.05) is 137 Å². The molecule has 0 heterocycles. The molecule has 2 atom stereocenters. The van der Waals surface area contributed by atoms with Crippen LogP contribution in [-0.4, -0.2) is 49.3 Å². The summed E-state index contributed by atoms with van der Waals surface area (Å²) in [4.78, 5) is 34.8. The van der Waals surface area contributed by atoms with E-state index in [1.807, 2.05) is 6.08 Å². The van der Waals surface area contributed by atoms with Gasteiger partial charge >= 0.3 is 19.8 Å². The molecule has 0 aromatic rings. The fourth-order valence-corrected chi connectivity index (χ4v) is 5.87. The molecule has 0 spiro atoms. The van der Waals surface area contributed by atoms with E-state index in [0.29, 0.717) is 12.8 Å². The molecule has 0 aliphatic carbocycles. The maximum Gasteiger partial charge on any atom is 0.472 e. The lowest BCUT2D eigenvalue weighted by molar-refractivity contribution is -0.161. The van der Waals surface area contributed by atoms with E-state index in [1.54, 1.807) is 0 Å². The van der Waals surface area contributed by atoms with Gasteiger partial charge in [-0.05, 0) is 89.9 Å². The van der Waals surface area contributed by atoms with E-state index in [9.17, 15) is 19.0 Å². The van der Waals surface area contributed by atoms with E-state index in [-0.39, 0.29) is 32.6 Å². The fourth-order valence-electron chi connectivity index (χ4n) is 5.10.